The molecule has 1 unspecified atom stereocenters. The lowest BCUT2D eigenvalue weighted by atomic mass is 10.1. The Balaban J connectivity index is 2.39. The maximum absolute atomic E-state index is 11.8. The van der Waals surface area contributed by atoms with E-state index >= 15 is 0 Å². The van der Waals surface area contributed by atoms with Crippen molar-refractivity contribution in [3.8, 4) is 6.07 Å². The zero-order valence-corrected chi connectivity index (χ0v) is 11.7. The molecule has 1 aliphatic rings. The number of carbonyl (C=O) groups is 1. The molecule has 4 nitrogen and oxygen atoms in total. The fourth-order valence-electron chi connectivity index (χ4n) is 2.33. The van der Waals surface area contributed by atoms with Gasteiger partial charge in [0.25, 0.3) is 0 Å². The van der Waals surface area contributed by atoms with E-state index in [9.17, 15) is 4.79 Å². The summed E-state index contributed by atoms with van der Waals surface area (Å²) in [7, 11) is 1.64. The number of carbonyl (C=O) groups excluding carboxylic acids is 1. The van der Waals surface area contributed by atoms with Crippen LogP contribution in [0.3, 0.4) is 0 Å². The van der Waals surface area contributed by atoms with Crippen LogP contribution in [-0.2, 0) is 4.79 Å². The van der Waals surface area contributed by atoms with Gasteiger partial charge in [0, 0.05) is 18.1 Å². The van der Waals surface area contributed by atoms with Crippen LogP contribution in [0.1, 0.15) is 18.4 Å². The molecule has 1 heterocycles. The normalized spacial score (nSPS) is 18.5. The average molecular weight is 308 g/mol. The van der Waals surface area contributed by atoms with E-state index in [2.05, 4.69) is 27.3 Å². The quantitative estimate of drug-likeness (QED) is 0.909. The molecule has 1 saturated heterocycles. The number of rotatable bonds is 2. The van der Waals surface area contributed by atoms with Crippen LogP contribution < -0.4 is 10.2 Å². The smallest absolute Gasteiger partial charge is 0.242 e. The molecule has 1 amide bonds. The zero-order chi connectivity index (χ0) is 13.1. The van der Waals surface area contributed by atoms with Gasteiger partial charge in [0.05, 0.1) is 11.3 Å². The third kappa shape index (κ3) is 2.34. The molecule has 18 heavy (non-hydrogen) atoms. The first-order valence-corrected chi connectivity index (χ1v) is 6.64. The van der Waals surface area contributed by atoms with Crippen LogP contribution in [-0.4, -0.2) is 25.5 Å². The van der Waals surface area contributed by atoms with Gasteiger partial charge in [0.15, 0.2) is 0 Å². The molecular formula is C13H14BrN3O. The molecule has 1 fully saturated rings. The largest absolute Gasteiger partial charge is 0.358 e. The van der Waals surface area contributed by atoms with Gasteiger partial charge >= 0.3 is 0 Å². The molecular weight excluding hydrogens is 294 g/mol. The van der Waals surface area contributed by atoms with Crippen molar-refractivity contribution in [3.63, 3.8) is 0 Å². The number of hydrogen-bond donors (Lipinski definition) is 1. The molecule has 1 aromatic carbocycles. The molecule has 0 bridgehead atoms. The summed E-state index contributed by atoms with van der Waals surface area (Å²) < 4.78 is 0.916. The molecule has 5 heteroatoms. The number of anilines is 1. The minimum atomic E-state index is -0.170. The van der Waals surface area contributed by atoms with Crippen molar-refractivity contribution < 1.29 is 4.79 Å². The number of halogens is 1. The molecule has 1 N–H and O–H groups in total. The van der Waals surface area contributed by atoms with Crippen molar-refractivity contribution in [2.45, 2.75) is 18.9 Å². The summed E-state index contributed by atoms with van der Waals surface area (Å²) in [5.41, 5.74) is 1.44. The summed E-state index contributed by atoms with van der Waals surface area (Å²) in [6, 6.07) is 7.53. The molecule has 0 radical (unpaired) electrons. The maximum atomic E-state index is 11.8. The molecule has 94 valence electrons. The predicted molar refractivity (Wildman–Crippen MR) is 73.3 cm³/mol. The van der Waals surface area contributed by atoms with Crippen LogP contribution in [0.5, 0.6) is 0 Å². The van der Waals surface area contributed by atoms with Crippen molar-refractivity contribution >= 4 is 27.5 Å². The summed E-state index contributed by atoms with van der Waals surface area (Å²) in [5, 5.41) is 11.8. The number of nitrogens with zero attached hydrogens (tertiary/aromatic N) is 2. The lowest BCUT2D eigenvalue weighted by molar-refractivity contribution is -0.121. The SMILES string of the molecule is CNC(=O)C1CCCN1c1cc(Br)ccc1C#N. The van der Waals surface area contributed by atoms with E-state index in [4.69, 9.17) is 5.26 Å². The van der Waals surface area contributed by atoms with Gasteiger partial charge in [-0.1, -0.05) is 15.9 Å². The molecule has 0 aromatic heterocycles. The number of likely N-dealkylation sites (N-methyl/N-ethyl adjacent to an activating group) is 1. The summed E-state index contributed by atoms with van der Waals surface area (Å²) in [5.74, 6) is 0.0105. The maximum Gasteiger partial charge on any atom is 0.242 e. The van der Waals surface area contributed by atoms with Crippen LogP contribution >= 0.6 is 15.9 Å². The molecule has 1 atom stereocenters. The van der Waals surface area contributed by atoms with Crippen molar-refractivity contribution in [1.29, 1.82) is 5.26 Å². The highest BCUT2D eigenvalue weighted by Crippen LogP contribution is 2.31. The van der Waals surface area contributed by atoms with Crippen LogP contribution in [0.15, 0.2) is 22.7 Å². The number of nitrogens with one attached hydrogen (secondary N) is 1. The van der Waals surface area contributed by atoms with Gasteiger partial charge < -0.3 is 10.2 Å². The summed E-state index contributed by atoms with van der Waals surface area (Å²) in [4.78, 5) is 13.9. The topological polar surface area (TPSA) is 56.1 Å². The van der Waals surface area contributed by atoms with Crippen LogP contribution in [0.4, 0.5) is 5.69 Å². The molecule has 2 rings (SSSR count). The van der Waals surface area contributed by atoms with E-state index in [1.165, 1.54) is 0 Å². The van der Waals surface area contributed by atoms with E-state index < -0.39 is 0 Å². The zero-order valence-electron chi connectivity index (χ0n) is 10.1. The van der Waals surface area contributed by atoms with Gasteiger partial charge in [0.1, 0.15) is 12.1 Å². The van der Waals surface area contributed by atoms with E-state index in [-0.39, 0.29) is 11.9 Å². The third-order valence-corrected chi connectivity index (χ3v) is 3.68. The Hall–Kier alpha value is -1.54. The molecule has 1 aromatic rings. The molecule has 0 spiro atoms. The van der Waals surface area contributed by atoms with Crippen LogP contribution in [0, 0.1) is 11.3 Å². The van der Waals surface area contributed by atoms with Crippen molar-refractivity contribution in [2.24, 2.45) is 0 Å². The second-order valence-corrected chi connectivity index (χ2v) is 5.15. The Morgan fingerprint density at radius 3 is 3.06 bits per heavy atom. The summed E-state index contributed by atoms with van der Waals surface area (Å²) >= 11 is 3.41. The van der Waals surface area contributed by atoms with Gasteiger partial charge in [-0.15, -0.1) is 0 Å². The second-order valence-electron chi connectivity index (χ2n) is 4.24. The highest BCUT2D eigenvalue weighted by Gasteiger charge is 2.31. The molecule has 0 aliphatic carbocycles. The lowest BCUT2D eigenvalue weighted by Crippen LogP contribution is -2.42. The van der Waals surface area contributed by atoms with Crippen molar-refractivity contribution in [2.75, 3.05) is 18.5 Å². The second kappa shape index (κ2) is 5.40. The highest BCUT2D eigenvalue weighted by molar-refractivity contribution is 9.10. The molecule has 1 aliphatic heterocycles. The van der Waals surface area contributed by atoms with Gasteiger partial charge in [-0.05, 0) is 31.0 Å². The first-order valence-electron chi connectivity index (χ1n) is 5.85. The predicted octanol–water partition coefficient (Wildman–Crippen LogP) is 2.04. The Morgan fingerprint density at radius 1 is 1.61 bits per heavy atom. The van der Waals surface area contributed by atoms with Gasteiger partial charge in [-0.25, -0.2) is 0 Å². The monoisotopic (exact) mass is 307 g/mol. The van der Waals surface area contributed by atoms with E-state index in [0.717, 1.165) is 29.5 Å². The average Bonchev–Trinajstić information content (AvgIpc) is 2.86. The van der Waals surface area contributed by atoms with Gasteiger partial charge in [-0.2, -0.15) is 5.26 Å². The Kier molecular flexibility index (Phi) is 3.87. The third-order valence-electron chi connectivity index (χ3n) is 3.19. The lowest BCUT2D eigenvalue weighted by Gasteiger charge is -2.26. The van der Waals surface area contributed by atoms with Gasteiger partial charge in [0.2, 0.25) is 5.91 Å². The van der Waals surface area contributed by atoms with Crippen molar-refractivity contribution in [3.05, 3.63) is 28.2 Å². The Bertz CT molecular complexity index is 509. The van der Waals surface area contributed by atoms with Crippen LogP contribution in [0.2, 0.25) is 0 Å². The van der Waals surface area contributed by atoms with E-state index in [1.807, 2.05) is 17.0 Å². The Labute approximate surface area is 115 Å². The summed E-state index contributed by atoms with van der Waals surface area (Å²) in [6.45, 7) is 0.809. The fraction of sp³-hybridized carbons (Fsp3) is 0.385. The first-order chi connectivity index (χ1) is 8.67. The van der Waals surface area contributed by atoms with E-state index in [1.54, 1.807) is 13.1 Å². The number of nitriles is 1. The fourth-order valence-corrected chi connectivity index (χ4v) is 2.68. The van der Waals surface area contributed by atoms with E-state index in [0.29, 0.717) is 5.56 Å². The first kappa shape index (κ1) is 12.9. The Morgan fingerprint density at radius 2 is 2.39 bits per heavy atom. The van der Waals surface area contributed by atoms with Crippen LogP contribution in [0.25, 0.3) is 0 Å². The minimum Gasteiger partial charge on any atom is -0.358 e. The summed E-state index contributed by atoms with van der Waals surface area (Å²) in [6.07, 6.45) is 1.80. The number of amides is 1. The highest BCUT2D eigenvalue weighted by atomic mass is 79.9. The molecule has 0 saturated carbocycles. The minimum absolute atomic E-state index is 0.0105. The van der Waals surface area contributed by atoms with Gasteiger partial charge in [-0.3, -0.25) is 4.79 Å². The number of hydrogen-bond acceptors (Lipinski definition) is 3. The number of benzene rings is 1. The van der Waals surface area contributed by atoms with Crippen molar-refractivity contribution in [1.82, 2.24) is 5.32 Å². The standard InChI is InChI=1S/C13H14BrN3O/c1-16-13(18)11-3-2-6-17(11)12-7-10(14)5-4-9(12)8-15/h4-5,7,11H,2-3,6H2,1H3,(H,16,18).